The topological polar surface area (TPSA) is 172 Å². The van der Waals surface area contributed by atoms with Crippen LogP contribution in [-0.2, 0) is 23.9 Å². The van der Waals surface area contributed by atoms with Gasteiger partial charge in [-0.2, -0.15) is 0 Å². The number of carboxylic acids is 1. The number of hydrogen-bond acceptors (Lipinski definition) is 7. The SMILES string of the molecule is CC(C)(C)OC(=O)[C@@H](CC(=O)O)NC(=O)C1CN(c2ccc(C(=N)N)cc2)C(=O)O1. The monoisotopic (exact) mass is 420 g/mol. The number of aliphatic carboxylic acids is 1. The van der Waals surface area contributed by atoms with Gasteiger partial charge in [0.25, 0.3) is 5.91 Å². The van der Waals surface area contributed by atoms with Crippen LogP contribution in [0.15, 0.2) is 24.3 Å². The number of carboxylic acid groups (broad SMARTS) is 1. The van der Waals surface area contributed by atoms with E-state index >= 15 is 0 Å². The summed E-state index contributed by atoms with van der Waals surface area (Å²) >= 11 is 0. The number of esters is 1. The lowest BCUT2D eigenvalue weighted by Crippen LogP contribution is -2.49. The zero-order chi connectivity index (χ0) is 22.6. The van der Waals surface area contributed by atoms with Gasteiger partial charge in [0, 0.05) is 11.3 Å². The van der Waals surface area contributed by atoms with E-state index in [4.69, 9.17) is 25.7 Å². The third-order valence-corrected chi connectivity index (χ3v) is 3.98. The van der Waals surface area contributed by atoms with Crippen molar-refractivity contribution in [1.29, 1.82) is 5.41 Å². The number of nitrogens with zero attached hydrogens (tertiary/aromatic N) is 1. The van der Waals surface area contributed by atoms with Gasteiger partial charge in [-0.25, -0.2) is 9.59 Å². The van der Waals surface area contributed by atoms with Crippen molar-refractivity contribution >= 4 is 35.5 Å². The van der Waals surface area contributed by atoms with Crippen LogP contribution in [0.5, 0.6) is 0 Å². The second kappa shape index (κ2) is 8.80. The van der Waals surface area contributed by atoms with Crippen LogP contribution in [0.25, 0.3) is 0 Å². The summed E-state index contributed by atoms with van der Waals surface area (Å²) in [5.74, 6) is -3.15. The number of amidine groups is 1. The Kier molecular flexibility index (Phi) is 6.65. The van der Waals surface area contributed by atoms with Crippen molar-refractivity contribution in [2.75, 3.05) is 11.4 Å². The molecule has 30 heavy (non-hydrogen) atoms. The minimum atomic E-state index is -1.43. The van der Waals surface area contributed by atoms with Gasteiger partial charge in [-0.05, 0) is 45.0 Å². The molecule has 1 heterocycles. The highest BCUT2D eigenvalue weighted by atomic mass is 16.6. The summed E-state index contributed by atoms with van der Waals surface area (Å²) in [4.78, 5) is 49.2. The van der Waals surface area contributed by atoms with Crippen molar-refractivity contribution in [2.45, 2.75) is 44.9 Å². The molecule has 0 bridgehead atoms. The highest BCUT2D eigenvalue weighted by Gasteiger charge is 2.39. The fourth-order valence-electron chi connectivity index (χ4n) is 2.64. The van der Waals surface area contributed by atoms with Crippen molar-refractivity contribution in [3.05, 3.63) is 29.8 Å². The second-order valence-corrected chi connectivity index (χ2v) is 7.64. The van der Waals surface area contributed by atoms with Crippen LogP contribution in [0.4, 0.5) is 10.5 Å². The summed E-state index contributed by atoms with van der Waals surface area (Å²) in [6, 6.07) is 4.75. The van der Waals surface area contributed by atoms with Gasteiger partial charge in [-0.15, -0.1) is 0 Å². The number of cyclic esters (lactones) is 1. The van der Waals surface area contributed by atoms with Gasteiger partial charge in [-0.1, -0.05) is 0 Å². The number of anilines is 1. The predicted molar refractivity (Wildman–Crippen MR) is 105 cm³/mol. The van der Waals surface area contributed by atoms with Crippen LogP contribution in [0.3, 0.4) is 0 Å². The molecule has 0 aromatic heterocycles. The molecule has 0 aliphatic carbocycles. The summed E-state index contributed by atoms with van der Waals surface area (Å²) in [5.41, 5.74) is 5.41. The first-order valence-electron chi connectivity index (χ1n) is 9.05. The summed E-state index contributed by atoms with van der Waals surface area (Å²) < 4.78 is 10.2. The molecule has 0 saturated carbocycles. The molecule has 1 unspecified atom stereocenters. The molecule has 162 valence electrons. The number of nitrogen functional groups attached to an aromatic ring is 1. The van der Waals surface area contributed by atoms with Gasteiger partial charge < -0.3 is 25.6 Å². The third-order valence-electron chi connectivity index (χ3n) is 3.98. The molecule has 2 rings (SSSR count). The molecule has 0 spiro atoms. The quantitative estimate of drug-likeness (QED) is 0.282. The lowest BCUT2D eigenvalue weighted by atomic mass is 10.1. The Bertz CT molecular complexity index is 861. The van der Waals surface area contributed by atoms with Crippen molar-refractivity contribution in [1.82, 2.24) is 5.32 Å². The molecule has 2 amide bonds. The van der Waals surface area contributed by atoms with E-state index in [1.165, 1.54) is 4.90 Å². The molecule has 5 N–H and O–H groups in total. The molecule has 11 nitrogen and oxygen atoms in total. The first-order valence-corrected chi connectivity index (χ1v) is 9.05. The lowest BCUT2D eigenvalue weighted by Gasteiger charge is -2.24. The van der Waals surface area contributed by atoms with Crippen LogP contribution < -0.4 is 16.0 Å². The van der Waals surface area contributed by atoms with Gasteiger partial charge in [0.05, 0.1) is 13.0 Å². The second-order valence-electron chi connectivity index (χ2n) is 7.64. The highest BCUT2D eigenvalue weighted by molar-refractivity contribution is 5.98. The van der Waals surface area contributed by atoms with E-state index in [-0.39, 0.29) is 12.4 Å². The van der Waals surface area contributed by atoms with Crippen LogP contribution in [0.1, 0.15) is 32.8 Å². The molecule has 1 aromatic rings. The molecule has 1 aliphatic rings. The minimum absolute atomic E-state index is 0.130. The average molecular weight is 420 g/mol. The molecule has 0 radical (unpaired) electrons. The molecular formula is C19H24N4O7. The number of benzene rings is 1. The number of ether oxygens (including phenoxy) is 2. The normalized spacial score (nSPS) is 17.1. The number of amides is 2. The van der Waals surface area contributed by atoms with Crippen molar-refractivity contribution < 1.29 is 33.8 Å². The summed E-state index contributed by atoms with van der Waals surface area (Å²) in [6.07, 6.45) is -2.71. The van der Waals surface area contributed by atoms with Gasteiger partial charge >= 0.3 is 18.0 Å². The maximum atomic E-state index is 12.5. The number of carbonyl (C=O) groups is 4. The van der Waals surface area contributed by atoms with Gasteiger partial charge in [-0.3, -0.25) is 19.9 Å². The maximum Gasteiger partial charge on any atom is 0.415 e. The molecular weight excluding hydrogens is 396 g/mol. The Morgan fingerprint density at radius 3 is 2.43 bits per heavy atom. The van der Waals surface area contributed by atoms with Crippen LogP contribution in [-0.4, -0.2) is 59.2 Å². The maximum absolute atomic E-state index is 12.5. The Balaban J connectivity index is 2.08. The predicted octanol–water partition coefficient (Wildman–Crippen LogP) is 0.597. The molecule has 1 fully saturated rings. The Hall–Kier alpha value is -3.63. The first kappa shape index (κ1) is 22.7. The van der Waals surface area contributed by atoms with Crippen molar-refractivity contribution in [3.63, 3.8) is 0 Å². The standard InChI is InChI=1S/C19H24N4O7/c1-19(2,3)30-17(27)12(8-14(24)25)22-16(26)13-9-23(18(28)29-13)11-6-4-10(5-7-11)15(20)21/h4-7,12-13H,8-9H2,1-3H3,(H3,20,21)(H,22,26)(H,24,25)/t12-,13?/m1/s1. The summed E-state index contributed by atoms with van der Waals surface area (Å²) in [5, 5.41) is 18.7. The molecule has 11 heteroatoms. The number of rotatable bonds is 7. The van der Waals surface area contributed by atoms with Crippen molar-refractivity contribution in [3.8, 4) is 0 Å². The number of nitrogens with two attached hydrogens (primary N) is 1. The Morgan fingerprint density at radius 2 is 1.93 bits per heavy atom. The molecule has 2 atom stereocenters. The van der Waals surface area contributed by atoms with E-state index in [1.807, 2.05) is 0 Å². The van der Waals surface area contributed by atoms with E-state index in [2.05, 4.69) is 5.32 Å². The number of hydrogen-bond donors (Lipinski definition) is 4. The van der Waals surface area contributed by atoms with E-state index in [0.29, 0.717) is 11.3 Å². The van der Waals surface area contributed by atoms with Crippen LogP contribution >= 0.6 is 0 Å². The fourth-order valence-corrected chi connectivity index (χ4v) is 2.64. The largest absolute Gasteiger partial charge is 0.481 e. The van der Waals surface area contributed by atoms with Crippen LogP contribution in [0.2, 0.25) is 0 Å². The Labute approximate surface area is 172 Å². The zero-order valence-corrected chi connectivity index (χ0v) is 16.8. The number of carbonyl (C=O) groups excluding carboxylic acids is 3. The number of nitrogens with one attached hydrogen (secondary N) is 2. The fraction of sp³-hybridized carbons (Fsp3) is 0.421. The molecule has 1 saturated heterocycles. The average Bonchev–Trinajstić information content (AvgIpc) is 3.01. The smallest absolute Gasteiger partial charge is 0.415 e. The summed E-state index contributed by atoms with van der Waals surface area (Å²) in [7, 11) is 0. The van der Waals surface area contributed by atoms with Gasteiger partial charge in [0.1, 0.15) is 17.5 Å². The van der Waals surface area contributed by atoms with E-state index in [0.717, 1.165) is 0 Å². The van der Waals surface area contributed by atoms with Crippen LogP contribution in [0, 0.1) is 5.41 Å². The van der Waals surface area contributed by atoms with E-state index < -0.39 is 48.1 Å². The van der Waals surface area contributed by atoms with Gasteiger partial charge in [0.2, 0.25) is 0 Å². The van der Waals surface area contributed by atoms with E-state index in [9.17, 15) is 19.2 Å². The lowest BCUT2D eigenvalue weighted by molar-refractivity contribution is -0.161. The van der Waals surface area contributed by atoms with E-state index in [1.54, 1.807) is 45.0 Å². The Morgan fingerprint density at radius 1 is 1.33 bits per heavy atom. The highest BCUT2D eigenvalue weighted by Crippen LogP contribution is 2.22. The third kappa shape index (κ3) is 5.93. The molecule has 1 aromatic carbocycles. The zero-order valence-electron chi connectivity index (χ0n) is 16.8. The van der Waals surface area contributed by atoms with Gasteiger partial charge in [0.15, 0.2) is 6.10 Å². The molecule has 1 aliphatic heterocycles. The minimum Gasteiger partial charge on any atom is -0.481 e. The first-order chi connectivity index (χ1) is 13.9. The van der Waals surface area contributed by atoms with Crippen molar-refractivity contribution in [2.24, 2.45) is 5.73 Å². The summed E-state index contributed by atoms with van der Waals surface area (Å²) in [6.45, 7) is 4.69.